The fourth-order valence-corrected chi connectivity index (χ4v) is 3.02. The van der Waals surface area contributed by atoms with E-state index in [2.05, 4.69) is 10.6 Å². The molecule has 2 aromatic carbocycles. The van der Waals surface area contributed by atoms with Crippen LogP contribution in [0.3, 0.4) is 0 Å². The van der Waals surface area contributed by atoms with Crippen molar-refractivity contribution in [2.75, 3.05) is 18.5 Å². The molecular weight excluding hydrogens is 358 g/mol. The van der Waals surface area contributed by atoms with Crippen LogP contribution in [-0.2, 0) is 16.0 Å². The molecule has 1 atom stereocenters. The second-order valence-electron chi connectivity index (χ2n) is 6.46. The lowest BCUT2D eigenvalue weighted by Crippen LogP contribution is -2.38. The Balaban J connectivity index is 1.52. The number of carbonyl (C=O) groups excluding carboxylic acids is 3. The van der Waals surface area contributed by atoms with E-state index in [4.69, 9.17) is 4.74 Å². The highest BCUT2D eigenvalue weighted by Gasteiger charge is 2.38. The van der Waals surface area contributed by atoms with Gasteiger partial charge in [0.05, 0.1) is 6.61 Å². The number of benzene rings is 2. The van der Waals surface area contributed by atoms with E-state index in [1.54, 1.807) is 24.3 Å². The van der Waals surface area contributed by atoms with E-state index in [0.29, 0.717) is 30.9 Å². The molecule has 7 heteroatoms. The second kappa shape index (κ2) is 9.03. The van der Waals surface area contributed by atoms with Crippen LogP contribution in [0.25, 0.3) is 0 Å². The van der Waals surface area contributed by atoms with Crippen molar-refractivity contribution >= 4 is 23.5 Å². The molecule has 0 aliphatic carbocycles. The molecule has 4 amide bonds. The van der Waals surface area contributed by atoms with Crippen LogP contribution in [0.15, 0.2) is 54.6 Å². The summed E-state index contributed by atoms with van der Waals surface area (Å²) in [5.74, 6) is -0.102. The molecule has 0 spiro atoms. The van der Waals surface area contributed by atoms with Crippen molar-refractivity contribution in [1.82, 2.24) is 10.2 Å². The van der Waals surface area contributed by atoms with Crippen LogP contribution in [0.2, 0.25) is 0 Å². The van der Waals surface area contributed by atoms with Crippen LogP contribution in [0, 0.1) is 0 Å². The summed E-state index contributed by atoms with van der Waals surface area (Å²) in [5, 5.41) is 5.34. The van der Waals surface area contributed by atoms with Crippen LogP contribution < -0.4 is 15.4 Å². The Hall–Kier alpha value is -3.35. The zero-order chi connectivity index (χ0) is 19.9. The molecule has 0 radical (unpaired) electrons. The Bertz CT molecular complexity index is 836. The van der Waals surface area contributed by atoms with Gasteiger partial charge in [-0.1, -0.05) is 30.3 Å². The van der Waals surface area contributed by atoms with Gasteiger partial charge in [-0.2, -0.15) is 0 Å². The van der Waals surface area contributed by atoms with Gasteiger partial charge in [0.15, 0.2) is 0 Å². The lowest BCUT2D eigenvalue weighted by Gasteiger charge is -2.13. The van der Waals surface area contributed by atoms with Gasteiger partial charge in [0.25, 0.3) is 5.91 Å². The predicted octanol–water partition coefficient (Wildman–Crippen LogP) is 2.58. The smallest absolute Gasteiger partial charge is 0.325 e. The van der Waals surface area contributed by atoms with E-state index >= 15 is 0 Å². The van der Waals surface area contributed by atoms with E-state index in [-0.39, 0.29) is 12.5 Å². The lowest BCUT2D eigenvalue weighted by molar-refractivity contribution is -0.130. The lowest BCUT2D eigenvalue weighted by atomic mass is 10.1. The highest BCUT2D eigenvalue weighted by molar-refractivity contribution is 6.07. The Kier molecular flexibility index (Phi) is 6.26. The minimum absolute atomic E-state index is 0.320. The molecule has 3 rings (SSSR count). The zero-order valence-corrected chi connectivity index (χ0v) is 15.7. The van der Waals surface area contributed by atoms with Gasteiger partial charge < -0.3 is 15.4 Å². The minimum Gasteiger partial charge on any atom is -0.494 e. The molecule has 1 heterocycles. The normalized spacial score (nSPS) is 16.0. The van der Waals surface area contributed by atoms with Crippen molar-refractivity contribution in [3.63, 3.8) is 0 Å². The molecule has 2 aromatic rings. The number of hydrogen-bond donors (Lipinski definition) is 2. The van der Waals surface area contributed by atoms with Gasteiger partial charge in [0, 0.05) is 5.69 Å². The molecule has 7 nitrogen and oxygen atoms in total. The number of amides is 4. The summed E-state index contributed by atoms with van der Waals surface area (Å²) in [6.45, 7) is 2.13. The number of rotatable bonds is 8. The average molecular weight is 381 g/mol. The van der Waals surface area contributed by atoms with Crippen LogP contribution in [0.4, 0.5) is 10.5 Å². The van der Waals surface area contributed by atoms with Crippen LogP contribution in [0.5, 0.6) is 5.75 Å². The number of ether oxygens (including phenoxy) is 1. The van der Waals surface area contributed by atoms with Crippen molar-refractivity contribution in [2.45, 2.75) is 25.8 Å². The van der Waals surface area contributed by atoms with Crippen LogP contribution >= 0.6 is 0 Å². The third-order valence-corrected chi connectivity index (χ3v) is 4.42. The zero-order valence-electron chi connectivity index (χ0n) is 15.7. The highest BCUT2D eigenvalue weighted by atomic mass is 16.5. The monoisotopic (exact) mass is 381 g/mol. The molecule has 0 saturated carbocycles. The Morgan fingerprint density at radius 2 is 1.82 bits per heavy atom. The number of imide groups is 1. The molecule has 0 aromatic heterocycles. The van der Waals surface area contributed by atoms with E-state index in [1.165, 1.54) is 0 Å². The average Bonchev–Trinajstić information content (AvgIpc) is 2.96. The number of hydrogen-bond acceptors (Lipinski definition) is 4. The molecule has 0 unspecified atom stereocenters. The molecule has 1 saturated heterocycles. The minimum atomic E-state index is -0.606. The number of carbonyl (C=O) groups is 3. The predicted molar refractivity (Wildman–Crippen MR) is 105 cm³/mol. The van der Waals surface area contributed by atoms with E-state index < -0.39 is 18.0 Å². The summed E-state index contributed by atoms with van der Waals surface area (Å²) in [6.07, 6.45) is 1.16. The van der Waals surface area contributed by atoms with E-state index in [0.717, 1.165) is 10.5 Å². The molecule has 28 heavy (non-hydrogen) atoms. The first-order chi connectivity index (χ1) is 13.6. The van der Waals surface area contributed by atoms with E-state index in [9.17, 15) is 14.4 Å². The second-order valence-corrected chi connectivity index (χ2v) is 6.46. The van der Waals surface area contributed by atoms with Crippen LogP contribution in [0.1, 0.15) is 18.9 Å². The quantitative estimate of drug-likeness (QED) is 0.688. The molecule has 0 bridgehead atoms. The fraction of sp³-hybridized carbons (Fsp3) is 0.286. The Labute approximate surface area is 163 Å². The summed E-state index contributed by atoms with van der Waals surface area (Å²) in [6, 6.07) is 15.5. The number of anilines is 1. The first kappa shape index (κ1) is 19.4. The maximum absolute atomic E-state index is 12.5. The first-order valence-electron chi connectivity index (χ1n) is 9.25. The van der Waals surface area contributed by atoms with Crippen LogP contribution in [-0.4, -0.2) is 41.9 Å². The van der Waals surface area contributed by atoms with Gasteiger partial charge in [-0.3, -0.25) is 14.5 Å². The Morgan fingerprint density at radius 1 is 1.11 bits per heavy atom. The number of nitrogens with one attached hydrogen (secondary N) is 2. The molecular formula is C21H23N3O4. The molecule has 1 aliphatic heterocycles. The van der Waals surface area contributed by atoms with Gasteiger partial charge in [0.2, 0.25) is 5.91 Å². The van der Waals surface area contributed by atoms with Crippen molar-refractivity contribution in [3.05, 3.63) is 60.2 Å². The molecule has 146 valence electrons. The van der Waals surface area contributed by atoms with Gasteiger partial charge in [-0.15, -0.1) is 0 Å². The van der Waals surface area contributed by atoms with E-state index in [1.807, 2.05) is 37.3 Å². The van der Waals surface area contributed by atoms with Gasteiger partial charge in [0.1, 0.15) is 18.3 Å². The maximum Gasteiger partial charge on any atom is 0.325 e. The summed E-state index contributed by atoms with van der Waals surface area (Å²) in [4.78, 5) is 37.8. The number of aryl methyl sites for hydroxylation is 1. The SMILES string of the molecule is CCOc1ccc(NC(=O)CN2C(=O)N[C@H](CCc3ccccc3)C2=O)cc1. The van der Waals surface area contributed by atoms with Gasteiger partial charge in [-0.25, -0.2) is 4.79 Å². The largest absolute Gasteiger partial charge is 0.494 e. The number of nitrogens with zero attached hydrogens (tertiary/aromatic N) is 1. The standard InChI is InChI=1S/C21H23N3O4/c1-2-28-17-11-9-16(10-12-17)22-19(25)14-24-20(26)18(23-21(24)27)13-8-15-6-4-3-5-7-15/h3-7,9-12,18H,2,8,13-14H2,1H3,(H,22,25)(H,23,27)/t18-/m1/s1. The maximum atomic E-state index is 12.5. The fourth-order valence-electron chi connectivity index (χ4n) is 3.02. The topological polar surface area (TPSA) is 87.7 Å². The summed E-state index contributed by atoms with van der Waals surface area (Å²) >= 11 is 0. The van der Waals surface area contributed by atoms with Crippen molar-refractivity contribution in [2.24, 2.45) is 0 Å². The van der Waals surface area contributed by atoms with Gasteiger partial charge in [-0.05, 0) is 49.6 Å². The summed E-state index contributed by atoms with van der Waals surface area (Å²) in [5.41, 5.74) is 1.66. The van der Waals surface area contributed by atoms with Crippen molar-refractivity contribution in [3.8, 4) is 5.75 Å². The first-order valence-corrected chi connectivity index (χ1v) is 9.25. The van der Waals surface area contributed by atoms with Crippen molar-refractivity contribution in [1.29, 1.82) is 0 Å². The highest BCUT2D eigenvalue weighted by Crippen LogP contribution is 2.16. The Morgan fingerprint density at radius 3 is 2.50 bits per heavy atom. The molecule has 2 N–H and O–H groups in total. The summed E-state index contributed by atoms with van der Waals surface area (Å²) in [7, 11) is 0. The number of urea groups is 1. The van der Waals surface area contributed by atoms with Crippen molar-refractivity contribution < 1.29 is 19.1 Å². The molecule has 1 fully saturated rings. The summed E-state index contributed by atoms with van der Waals surface area (Å²) < 4.78 is 5.35. The third-order valence-electron chi connectivity index (χ3n) is 4.42. The third kappa shape index (κ3) is 4.88. The van der Waals surface area contributed by atoms with Gasteiger partial charge >= 0.3 is 6.03 Å². The molecule has 1 aliphatic rings.